The average Bonchev–Trinajstić information content (AvgIpc) is 3.07. The predicted octanol–water partition coefficient (Wildman–Crippen LogP) is -0.465. The Morgan fingerprint density at radius 3 is 2.48 bits per heavy atom. The third kappa shape index (κ3) is 3.79. The summed E-state index contributed by atoms with van der Waals surface area (Å²) >= 11 is 0. The van der Waals surface area contributed by atoms with Crippen LogP contribution in [0.15, 0.2) is 0 Å². The fraction of sp³-hybridized carbons (Fsp3) is 0.875. The molecule has 3 rings (SSSR count). The normalized spacial score (nSPS) is 35.5. The molecule has 2 aliphatic carbocycles. The van der Waals surface area contributed by atoms with Gasteiger partial charge in [0.05, 0.1) is 29.6 Å². The van der Waals surface area contributed by atoms with Crippen LogP contribution in [-0.4, -0.2) is 59.2 Å². The minimum Gasteiger partial charge on any atom is -0.303 e. The van der Waals surface area contributed by atoms with Gasteiger partial charge in [0, 0.05) is 19.4 Å². The van der Waals surface area contributed by atoms with Crippen LogP contribution in [0.4, 0.5) is 0 Å². The third-order valence-corrected chi connectivity index (χ3v) is 8.52. The molecule has 3 fully saturated rings. The molecule has 1 saturated heterocycles. The van der Waals surface area contributed by atoms with Gasteiger partial charge < -0.3 is 5.32 Å². The lowest BCUT2D eigenvalue weighted by molar-refractivity contribution is -0.128. The zero-order valence-corrected chi connectivity index (χ0v) is 17.3. The van der Waals surface area contributed by atoms with E-state index in [1.807, 2.05) is 18.6 Å². The van der Waals surface area contributed by atoms with Crippen LogP contribution < -0.4 is 10.0 Å². The van der Waals surface area contributed by atoms with E-state index in [0.717, 1.165) is 12.7 Å². The first-order valence-corrected chi connectivity index (χ1v) is 12.4. The van der Waals surface area contributed by atoms with Gasteiger partial charge >= 0.3 is 0 Å². The zero-order chi connectivity index (χ0) is 20.3. The maximum absolute atomic E-state index is 12.7. The Balaban J connectivity index is 1.65. The van der Waals surface area contributed by atoms with Crippen LogP contribution in [0.1, 0.15) is 39.5 Å². The molecule has 2 bridgehead atoms. The standard InChI is InChI=1S/C16H26N2O7S2/c1-15(2)10-4-5-16(15,13(19)6-10)9-27(23,24)25-11-7-12(17-8-11)14(20)18-26(3,21)22/h10-12,17H,4-9H2,1-3H3,(H,18,20)/t10-,11-,12+,16-/m1/s1. The SMILES string of the molecule is CC1(C)[C@@H]2CC[C@@]1(CS(=O)(=O)O[C@H]1CN[C@H](C(=O)NS(C)(=O)=O)C1)C(=O)C2. The number of amides is 1. The molecule has 9 nitrogen and oxygen atoms in total. The van der Waals surface area contributed by atoms with Gasteiger partial charge in [0.25, 0.3) is 16.0 Å². The highest BCUT2D eigenvalue weighted by Gasteiger charge is 2.65. The molecule has 11 heteroatoms. The molecule has 3 aliphatic rings. The van der Waals surface area contributed by atoms with Gasteiger partial charge in [-0.2, -0.15) is 8.42 Å². The Kier molecular flexibility index (Phi) is 4.98. The van der Waals surface area contributed by atoms with Gasteiger partial charge in [-0.1, -0.05) is 13.8 Å². The van der Waals surface area contributed by atoms with E-state index in [0.29, 0.717) is 12.8 Å². The fourth-order valence-electron chi connectivity index (χ4n) is 4.88. The van der Waals surface area contributed by atoms with E-state index in [-0.39, 0.29) is 35.8 Å². The van der Waals surface area contributed by atoms with Crippen molar-refractivity contribution in [3.8, 4) is 0 Å². The van der Waals surface area contributed by atoms with Crippen LogP contribution in [0.5, 0.6) is 0 Å². The molecule has 154 valence electrons. The molecule has 0 aromatic heterocycles. The van der Waals surface area contributed by atoms with Crippen molar-refractivity contribution in [3.05, 3.63) is 0 Å². The Hall–Kier alpha value is -1.04. The van der Waals surface area contributed by atoms with Gasteiger partial charge in [-0.25, -0.2) is 8.42 Å². The summed E-state index contributed by atoms with van der Waals surface area (Å²) in [6, 6.07) is -0.849. The Morgan fingerprint density at radius 1 is 1.30 bits per heavy atom. The molecule has 2 saturated carbocycles. The van der Waals surface area contributed by atoms with Crippen molar-refractivity contribution in [1.29, 1.82) is 0 Å². The predicted molar refractivity (Wildman–Crippen MR) is 96.6 cm³/mol. The highest BCUT2D eigenvalue weighted by atomic mass is 32.2. The van der Waals surface area contributed by atoms with Gasteiger partial charge in [0.15, 0.2) is 0 Å². The molecule has 0 aromatic carbocycles. The monoisotopic (exact) mass is 422 g/mol. The number of Topliss-reactive ketones (excluding diaryl/α,β-unsaturated/α-hetero) is 1. The summed E-state index contributed by atoms with van der Waals surface area (Å²) in [5.41, 5.74) is -1.29. The number of carbonyl (C=O) groups excluding carboxylic acids is 2. The lowest BCUT2D eigenvalue weighted by Crippen LogP contribution is -2.43. The molecule has 1 heterocycles. The first kappa shape index (κ1) is 20.7. The molecule has 1 aliphatic heterocycles. The summed E-state index contributed by atoms with van der Waals surface area (Å²) in [6.07, 6.45) is 1.93. The molecule has 0 aromatic rings. The smallest absolute Gasteiger partial charge is 0.268 e. The van der Waals surface area contributed by atoms with Gasteiger partial charge in [-0.15, -0.1) is 0 Å². The van der Waals surface area contributed by atoms with Crippen molar-refractivity contribution in [2.24, 2.45) is 16.7 Å². The number of fused-ring (bicyclic) bond motifs is 2. The van der Waals surface area contributed by atoms with E-state index in [9.17, 15) is 26.4 Å². The molecular weight excluding hydrogens is 396 g/mol. The molecule has 2 N–H and O–H groups in total. The van der Waals surface area contributed by atoms with E-state index < -0.39 is 43.6 Å². The summed E-state index contributed by atoms with van der Waals surface area (Å²) in [4.78, 5) is 24.4. The maximum Gasteiger partial charge on any atom is 0.268 e. The van der Waals surface area contributed by atoms with Crippen LogP contribution in [0.2, 0.25) is 0 Å². The minimum atomic E-state index is -3.99. The summed E-state index contributed by atoms with van der Waals surface area (Å²) in [7, 11) is -7.68. The summed E-state index contributed by atoms with van der Waals surface area (Å²) in [5, 5.41) is 2.77. The fourth-order valence-corrected chi connectivity index (χ4v) is 7.30. The van der Waals surface area contributed by atoms with Gasteiger partial charge in [-0.05, 0) is 24.2 Å². The lowest BCUT2D eigenvalue weighted by Gasteiger charge is -2.36. The van der Waals surface area contributed by atoms with E-state index >= 15 is 0 Å². The Morgan fingerprint density at radius 2 is 1.96 bits per heavy atom. The quantitative estimate of drug-likeness (QED) is 0.549. The molecule has 27 heavy (non-hydrogen) atoms. The number of nitrogens with one attached hydrogen (secondary N) is 2. The summed E-state index contributed by atoms with van der Waals surface area (Å²) in [5.74, 6) is -0.896. The third-order valence-electron chi connectivity index (χ3n) is 6.54. The Bertz CT molecular complexity index is 865. The van der Waals surface area contributed by atoms with Crippen LogP contribution in [0.25, 0.3) is 0 Å². The van der Waals surface area contributed by atoms with E-state index in [2.05, 4.69) is 5.32 Å². The number of hydrogen-bond donors (Lipinski definition) is 2. The van der Waals surface area contributed by atoms with Crippen LogP contribution in [0, 0.1) is 16.7 Å². The topological polar surface area (TPSA) is 136 Å². The molecular formula is C16H26N2O7S2. The second-order valence-electron chi connectivity index (χ2n) is 8.52. The van der Waals surface area contributed by atoms with Gasteiger partial charge in [0.2, 0.25) is 10.0 Å². The molecule has 0 radical (unpaired) electrons. The van der Waals surface area contributed by atoms with Gasteiger partial charge in [0.1, 0.15) is 5.78 Å². The molecule has 4 atom stereocenters. The van der Waals surface area contributed by atoms with Crippen molar-refractivity contribution in [2.75, 3.05) is 18.6 Å². The van der Waals surface area contributed by atoms with Crippen molar-refractivity contribution in [1.82, 2.24) is 10.0 Å². The van der Waals surface area contributed by atoms with E-state index in [1.54, 1.807) is 0 Å². The van der Waals surface area contributed by atoms with Crippen LogP contribution in [0.3, 0.4) is 0 Å². The number of sulfonamides is 1. The van der Waals surface area contributed by atoms with Crippen molar-refractivity contribution in [3.63, 3.8) is 0 Å². The average molecular weight is 423 g/mol. The van der Waals surface area contributed by atoms with Crippen molar-refractivity contribution >= 4 is 31.8 Å². The van der Waals surface area contributed by atoms with Crippen LogP contribution >= 0.6 is 0 Å². The number of hydrogen-bond acceptors (Lipinski definition) is 8. The summed E-state index contributed by atoms with van der Waals surface area (Å²) in [6.45, 7) is 4.01. The van der Waals surface area contributed by atoms with Crippen molar-refractivity contribution < 1.29 is 30.6 Å². The minimum absolute atomic E-state index is 0.00845. The van der Waals surface area contributed by atoms with E-state index in [4.69, 9.17) is 4.18 Å². The van der Waals surface area contributed by atoms with Crippen LogP contribution in [-0.2, 0) is 33.9 Å². The van der Waals surface area contributed by atoms with Gasteiger partial charge in [-0.3, -0.25) is 18.5 Å². The molecule has 1 amide bonds. The summed E-state index contributed by atoms with van der Waals surface area (Å²) < 4.78 is 54.8. The number of ketones is 1. The number of carbonyl (C=O) groups is 2. The lowest BCUT2D eigenvalue weighted by atomic mass is 9.70. The second-order valence-corrected chi connectivity index (χ2v) is 11.9. The second kappa shape index (κ2) is 6.50. The Labute approximate surface area is 159 Å². The maximum atomic E-state index is 12.7. The number of rotatable bonds is 6. The van der Waals surface area contributed by atoms with Crippen molar-refractivity contribution in [2.45, 2.75) is 51.7 Å². The zero-order valence-electron chi connectivity index (χ0n) is 15.6. The molecule has 0 spiro atoms. The molecule has 0 unspecified atom stereocenters. The first-order valence-electron chi connectivity index (χ1n) is 8.95. The highest BCUT2D eigenvalue weighted by molar-refractivity contribution is 7.89. The largest absolute Gasteiger partial charge is 0.303 e. The first-order chi connectivity index (χ1) is 12.3. The highest BCUT2D eigenvalue weighted by Crippen LogP contribution is 2.64. The van der Waals surface area contributed by atoms with E-state index in [1.165, 1.54) is 0 Å².